The summed E-state index contributed by atoms with van der Waals surface area (Å²) in [6.45, 7) is -1.16. The van der Waals surface area contributed by atoms with Crippen molar-refractivity contribution in [3.63, 3.8) is 0 Å². The van der Waals surface area contributed by atoms with Crippen LogP contribution >= 0.6 is 0 Å². The number of aromatic nitrogens is 3. The number of para-hydroxylation sites is 1. The van der Waals surface area contributed by atoms with Gasteiger partial charge in [-0.1, -0.05) is 17.3 Å². The fourth-order valence-electron chi connectivity index (χ4n) is 1.92. The third-order valence-electron chi connectivity index (χ3n) is 3.02. The molecular weight excluding hydrogens is 254 g/mol. The van der Waals surface area contributed by atoms with Crippen LogP contribution in [0.25, 0.3) is 11.3 Å². The number of rotatable bonds is 4. The van der Waals surface area contributed by atoms with Crippen LogP contribution in [0.15, 0.2) is 30.5 Å². The van der Waals surface area contributed by atoms with Crippen LogP contribution < -0.4 is 10.1 Å². The van der Waals surface area contributed by atoms with Gasteiger partial charge in [0.05, 0.1) is 12.2 Å². The molecule has 1 N–H and O–H groups in total. The van der Waals surface area contributed by atoms with Gasteiger partial charge in [-0.15, -0.1) is 5.10 Å². The van der Waals surface area contributed by atoms with Gasteiger partial charge in [0.25, 0.3) is 0 Å². The molecule has 0 aliphatic carbocycles. The number of ether oxygens (including phenoxy) is 1. The summed E-state index contributed by atoms with van der Waals surface area (Å²) in [5, 5.41) is 11.2. The molecule has 0 atom stereocenters. The van der Waals surface area contributed by atoms with Crippen LogP contribution in [0.2, 0.25) is 0 Å². The largest absolute Gasteiger partial charge is 0.434 e. The molecule has 100 valence electrons. The standard InChI is InChI=1S/C12H12F2N4O/c13-12(14)19-11-4-2-1-3-9(11)10-7-18(17-16-10)8-5-15-6-8/h1-4,7-8,12,15H,5-6H2. The minimum Gasteiger partial charge on any atom is -0.434 e. The van der Waals surface area contributed by atoms with Crippen LogP contribution in [0.3, 0.4) is 0 Å². The molecule has 1 aliphatic heterocycles. The fraction of sp³-hybridized carbons (Fsp3) is 0.333. The average molecular weight is 266 g/mol. The van der Waals surface area contributed by atoms with Crippen molar-refractivity contribution in [2.24, 2.45) is 0 Å². The Balaban J connectivity index is 1.90. The lowest BCUT2D eigenvalue weighted by molar-refractivity contribution is -0.0494. The highest BCUT2D eigenvalue weighted by Gasteiger charge is 2.21. The van der Waals surface area contributed by atoms with Crippen molar-refractivity contribution in [1.82, 2.24) is 20.3 Å². The highest BCUT2D eigenvalue weighted by Crippen LogP contribution is 2.29. The van der Waals surface area contributed by atoms with Crippen LogP contribution in [-0.2, 0) is 0 Å². The zero-order valence-electron chi connectivity index (χ0n) is 9.96. The van der Waals surface area contributed by atoms with E-state index in [1.54, 1.807) is 29.1 Å². The molecule has 19 heavy (non-hydrogen) atoms. The second-order valence-electron chi connectivity index (χ2n) is 4.27. The fourth-order valence-corrected chi connectivity index (χ4v) is 1.92. The maximum absolute atomic E-state index is 12.3. The normalized spacial score (nSPS) is 15.5. The third kappa shape index (κ3) is 2.41. The maximum Gasteiger partial charge on any atom is 0.387 e. The van der Waals surface area contributed by atoms with Gasteiger partial charge in [0.2, 0.25) is 0 Å². The number of nitrogens with one attached hydrogen (secondary N) is 1. The van der Waals surface area contributed by atoms with E-state index in [-0.39, 0.29) is 11.8 Å². The SMILES string of the molecule is FC(F)Oc1ccccc1-c1cn(C2CNC2)nn1. The molecule has 1 fully saturated rings. The molecular formula is C12H12F2N4O. The Morgan fingerprint density at radius 1 is 1.32 bits per heavy atom. The first-order valence-corrected chi connectivity index (χ1v) is 5.91. The lowest BCUT2D eigenvalue weighted by atomic mass is 10.1. The highest BCUT2D eigenvalue weighted by atomic mass is 19.3. The van der Waals surface area contributed by atoms with E-state index in [4.69, 9.17) is 0 Å². The number of hydrogen-bond acceptors (Lipinski definition) is 4. The van der Waals surface area contributed by atoms with Crippen LogP contribution in [0.1, 0.15) is 6.04 Å². The second-order valence-corrected chi connectivity index (χ2v) is 4.27. The average Bonchev–Trinajstić information content (AvgIpc) is 2.76. The first-order valence-electron chi connectivity index (χ1n) is 5.91. The Labute approximate surface area is 108 Å². The minimum atomic E-state index is -2.85. The zero-order valence-corrected chi connectivity index (χ0v) is 9.96. The first kappa shape index (κ1) is 12.0. The molecule has 7 heteroatoms. The minimum absolute atomic E-state index is 0.108. The predicted molar refractivity (Wildman–Crippen MR) is 64.0 cm³/mol. The molecule has 0 bridgehead atoms. The Kier molecular flexibility index (Phi) is 3.12. The predicted octanol–water partition coefficient (Wildman–Crippen LogP) is 1.69. The summed E-state index contributed by atoms with van der Waals surface area (Å²) in [5.41, 5.74) is 1.05. The van der Waals surface area contributed by atoms with Crippen molar-refractivity contribution in [3.05, 3.63) is 30.5 Å². The van der Waals surface area contributed by atoms with Gasteiger partial charge in [0.1, 0.15) is 11.4 Å². The first-order chi connectivity index (χ1) is 9.24. The monoisotopic (exact) mass is 266 g/mol. The molecule has 3 rings (SSSR count). The lowest BCUT2D eigenvalue weighted by Gasteiger charge is -2.26. The molecule has 0 amide bonds. The molecule has 2 heterocycles. The van der Waals surface area contributed by atoms with E-state index >= 15 is 0 Å². The molecule has 2 aromatic rings. The van der Waals surface area contributed by atoms with E-state index in [9.17, 15) is 8.78 Å². The Morgan fingerprint density at radius 2 is 2.11 bits per heavy atom. The number of nitrogens with zero attached hydrogens (tertiary/aromatic N) is 3. The van der Waals surface area contributed by atoms with Crippen molar-refractivity contribution in [2.45, 2.75) is 12.7 Å². The quantitative estimate of drug-likeness (QED) is 0.915. The number of benzene rings is 1. The second kappa shape index (κ2) is 4.93. The van der Waals surface area contributed by atoms with Crippen LogP contribution in [-0.4, -0.2) is 34.7 Å². The molecule has 0 radical (unpaired) electrons. The van der Waals surface area contributed by atoms with Gasteiger partial charge in [-0.25, -0.2) is 4.68 Å². The van der Waals surface area contributed by atoms with Crippen molar-refractivity contribution in [2.75, 3.05) is 13.1 Å². The summed E-state index contributed by atoms with van der Waals surface area (Å²) in [4.78, 5) is 0. The van der Waals surface area contributed by atoms with Gasteiger partial charge in [0.15, 0.2) is 0 Å². The summed E-state index contributed by atoms with van der Waals surface area (Å²) in [7, 11) is 0. The molecule has 5 nitrogen and oxygen atoms in total. The van der Waals surface area contributed by atoms with Crippen LogP contribution in [0.5, 0.6) is 5.75 Å². The van der Waals surface area contributed by atoms with E-state index in [1.165, 1.54) is 6.07 Å². The van der Waals surface area contributed by atoms with Crippen molar-refractivity contribution in [3.8, 4) is 17.0 Å². The van der Waals surface area contributed by atoms with Gasteiger partial charge >= 0.3 is 6.61 Å². The summed E-state index contributed by atoms with van der Waals surface area (Å²) in [6.07, 6.45) is 1.75. The van der Waals surface area contributed by atoms with Crippen molar-refractivity contribution < 1.29 is 13.5 Å². The van der Waals surface area contributed by atoms with E-state index in [0.717, 1.165) is 13.1 Å². The van der Waals surface area contributed by atoms with Gasteiger partial charge in [-0.3, -0.25) is 0 Å². The molecule has 0 unspecified atom stereocenters. The van der Waals surface area contributed by atoms with E-state index in [0.29, 0.717) is 11.3 Å². The molecule has 0 spiro atoms. The van der Waals surface area contributed by atoms with Crippen molar-refractivity contribution in [1.29, 1.82) is 0 Å². The van der Waals surface area contributed by atoms with E-state index in [2.05, 4.69) is 20.4 Å². The summed E-state index contributed by atoms with van der Waals surface area (Å²) >= 11 is 0. The van der Waals surface area contributed by atoms with Gasteiger partial charge in [-0.2, -0.15) is 8.78 Å². The smallest absolute Gasteiger partial charge is 0.387 e. The Hall–Kier alpha value is -2.02. The highest BCUT2D eigenvalue weighted by molar-refractivity contribution is 5.66. The maximum atomic E-state index is 12.3. The third-order valence-corrected chi connectivity index (χ3v) is 3.02. The zero-order chi connectivity index (χ0) is 13.2. The Bertz CT molecular complexity index is 568. The van der Waals surface area contributed by atoms with E-state index in [1.807, 2.05) is 0 Å². The van der Waals surface area contributed by atoms with Crippen LogP contribution in [0, 0.1) is 0 Å². The van der Waals surface area contributed by atoms with Gasteiger partial charge in [-0.05, 0) is 12.1 Å². The molecule has 1 aromatic carbocycles. The summed E-state index contributed by atoms with van der Waals surface area (Å²) < 4.78 is 30.9. The Morgan fingerprint density at radius 3 is 2.79 bits per heavy atom. The summed E-state index contributed by atoms with van der Waals surface area (Å²) in [6, 6.07) is 6.85. The van der Waals surface area contributed by atoms with Crippen molar-refractivity contribution >= 4 is 0 Å². The molecule has 0 saturated carbocycles. The molecule has 1 saturated heterocycles. The van der Waals surface area contributed by atoms with Gasteiger partial charge in [0, 0.05) is 18.7 Å². The van der Waals surface area contributed by atoms with Crippen LogP contribution in [0.4, 0.5) is 8.78 Å². The number of alkyl halides is 2. The summed E-state index contributed by atoms with van der Waals surface area (Å²) in [5.74, 6) is 0.108. The number of hydrogen-bond donors (Lipinski definition) is 1. The lowest BCUT2D eigenvalue weighted by Crippen LogP contribution is -2.43. The molecule has 1 aromatic heterocycles. The molecule has 1 aliphatic rings. The topological polar surface area (TPSA) is 52.0 Å². The number of halogens is 2. The van der Waals surface area contributed by atoms with Gasteiger partial charge < -0.3 is 10.1 Å². The van der Waals surface area contributed by atoms with E-state index < -0.39 is 6.61 Å².